The number of halogens is 1. The Hall–Kier alpha value is -1.55. The normalized spacial score (nSPS) is 10.4. The van der Waals surface area contributed by atoms with Gasteiger partial charge in [-0.1, -0.05) is 28.1 Å². The average Bonchev–Trinajstić information content (AvgIpc) is 2.89. The molecule has 0 aliphatic heterocycles. The lowest BCUT2D eigenvalue weighted by Gasteiger charge is -2.15. The molecule has 0 spiro atoms. The van der Waals surface area contributed by atoms with Crippen LogP contribution in [0.1, 0.15) is 17.7 Å². The van der Waals surface area contributed by atoms with Gasteiger partial charge in [-0.3, -0.25) is 4.79 Å². The zero-order chi connectivity index (χ0) is 13.7. The second-order valence-electron chi connectivity index (χ2n) is 4.46. The van der Waals surface area contributed by atoms with E-state index >= 15 is 0 Å². The number of benzene rings is 1. The van der Waals surface area contributed by atoms with Gasteiger partial charge in [0.2, 0.25) is 5.91 Å². The summed E-state index contributed by atoms with van der Waals surface area (Å²) in [6.45, 7) is 0.518. The highest BCUT2D eigenvalue weighted by Crippen LogP contribution is 2.13. The molecule has 0 aliphatic rings. The molecule has 2 rings (SSSR count). The SMILES string of the molecule is CN(Cc1ccco1)C(=O)CCc1cccc(Br)c1. The minimum atomic E-state index is 0.122. The minimum absolute atomic E-state index is 0.122. The van der Waals surface area contributed by atoms with Crippen molar-refractivity contribution in [2.75, 3.05) is 7.05 Å². The van der Waals surface area contributed by atoms with E-state index in [1.165, 1.54) is 0 Å². The van der Waals surface area contributed by atoms with E-state index in [1.54, 1.807) is 18.2 Å². The maximum atomic E-state index is 12.0. The predicted octanol–water partition coefficient (Wildman–Crippen LogP) is 3.63. The Bertz CT molecular complexity index is 537. The highest BCUT2D eigenvalue weighted by Gasteiger charge is 2.10. The van der Waals surface area contributed by atoms with Crippen molar-refractivity contribution in [2.24, 2.45) is 0 Å². The number of carbonyl (C=O) groups is 1. The van der Waals surface area contributed by atoms with Gasteiger partial charge in [0.15, 0.2) is 0 Å². The summed E-state index contributed by atoms with van der Waals surface area (Å²) in [7, 11) is 1.80. The van der Waals surface area contributed by atoms with Crippen LogP contribution in [0, 0.1) is 0 Å². The standard InChI is InChI=1S/C15H16BrNO2/c1-17(11-14-6-3-9-19-14)15(18)8-7-12-4-2-5-13(16)10-12/h2-6,9-10H,7-8,11H2,1H3. The maximum absolute atomic E-state index is 12.0. The molecule has 1 amide bonds. The molecule has 0 fully saturated rings. The molecule has 0 N–H and O–H groups in total. The first-order chi connectivity index (χ1) is 9.15. The molecular weight excluding hydrogens is 306 g/mol. The Labute approximate surface area is 121 Å². The summed E-state index contributed by atoms with van der Waals surface area (Å²) in [5.74, 6) is 0.926. The molecule has 19 heavy (non-hydrogen) atoms. The summed E-state index contributed by atoms with van der Waals surface area (Å²) in [4.78, 5) is 13.7. The molecule has 0 aliphatic carbocycles. The Balaban J connectivity index is 1.84. The van der Waals surface area contributed by atoms with Crippen LogP contribution in [0.5, 0.6) is 0 Å². The smallest absolute Gasteiger partial charge is 0.223 e. The van der Waals surface area contributed by atoms with Crippen molar-refractivity contribution in [3.05, 3.63) is 58.5 Å². The molecule has 3 nitrogen and oxygen atoms in total. The number of nitrogens with zero attached hydrogens (tertiary/aromatic N) is 1. The number of amides is 1. The minimum Gasteiger partial charge on any atom is -0.467 e. The Morgan fingerprint density at radius 2 is 2.16 bits per heavy atom. The summed E-state index contributed by atoms with van der Waals surface area (Å²) in [6.07, 6.45) is 2.88. The van der Waals surface area contributed by atoms with Gasteiger partial charge in [-0.25, -0.2) is 0 Å². The van der Waals surface area contributed by atoms with Crippen molar-refractivity contribution in [1.29, 1.82) is 0 Å². The first kappa shape index (κ1) is 13.9. The number of hydrogen-bond donors (Lipinski definition) is 0. The molecule has 1 heterocycles. The number of furan rings is 1. The molecular formula is C15H16BrNO2. The van der Waals surface area contributed by atoms with Crippen LogP contribution in [0.4, 0.5) is 0 Å². The maximum Gasteiger partial charge on any atom is 0.223 e. The van der Waals surface area contributed by atoms with Gasteiger partial charge in [0.25, 0.3) is 0 Å². The number of aryl methyl sites for hydroxylation is 1. The Morgan fingerprint density at radius 3 is 2.84 bits per heavy atom. The third kappa shape index (κ3) is 4.24. The molecule has 0 unspecified atom stereocenters. The second kappa shape index (κ2) is 6.57. The third-order valence-electron chi connectivity index (χ3n) is 2.92. The van der Waals surface area contributed by atoms with Crippen molar-refractivity contribution in [1.82, 2.24) is 4.90 Å². The summed E-state index contributed by atoms with van der Waals surface area (Å²) >= 11 is 3.43. The highest BCUT2D eigenvalue weighted by atomic mass is 79.9. The fourth-order valence-electron chi connectivity index (χ4n) is 1.86. The van der Waals surface area contributed by atoms with Crippen LogP contribution in [0.3, 0.4) is 0 Å². The van der Waals surface area contributed by atoms with E-state index in [9.17, 15) is 4.79 Å². The van der Waals surface area contributed by atoms with Crippen molar-refractivity contribution < 1.29 is 9.21 Å². The van der Waals surface area contributed by atoms with E-state index in [2.05, 4.69) is 15.9 Å². The summed E-state index contributed by atoms with van der Waals surface area (Å²) in [6, 6.07) is 11.7. The lowest BCUT2D eigenvalue weighted by Crippen LogP contribution is -2.26. The quantitative estimate of drug-likeness (QED) is 0.842. The van der Waals surface area contributed by atoms with E-state index < -0.39 is 0 Å². The molecule has 4 heteroatoms. The van der Waals surface area contributed by atoms with Gasteiger partial charge in [-0.05, 0) is 36.2 Å². The van der Waals surface area contributed by atoms with Crippen LogP contribution in [-0.4, -0.2) is 17.9 Å². The van der Waals surface area contributed by atoms with Gasteiger partial charge < -0.3 is 9.32 Å². The second-order valence-corrected chi connectivity index (χ2v) is 5.37. The lowest BCUT2D eigenvalue weighted by molar-refractivity contribution is -0.130. The van der Waals surface area contributed by atoms with Crippen molar-refractivity contribution in [3.63, 3.8) is 0 Å². The van der Waals surface area contributed by atoms with E-state index in [4.69, 9.17) is 4.42 Å². The molecule has 1 aromatic carbocycles. The van der Waals surface area contributed by atoms with Gasteiger partial charge >= 0.3 is 0 Å². The van der Waals surface area contributed by atoms with Gasteiger partial charge in [0.1, 0.15) is 5.76 Å². The summed E-state index contributed by atoms with van der Waals surface area (Å²) in [5, 5.41) is 0. The molecule has 2 aromatic rings. The molecule has 0 radical (unpaired) electrons. The monoisotopic (exact) mass is 321 g/mol. The van der Waals surface area contributed by atoms with Crippen molar-refractivity contribution in [3.8, 4) is 0 Å². The zero-order valence-electron chi connectivity index (χ0n) is 10.8. The fraction of sp³-hybridized carbons (Fsp3) is 0.267. The first-order valence-electron chi connectivity index (χ1n) is 6.16. The van der Waals surface area contributed by atoms with E-state index in [0.29, 0.717) is 13.0 Å². The zero-order valence-corrected chi connectivity index (χ0v) is 12.4. The van der Waals surface area contributed by atoms with E-state index in [1.807, 2.05) is 36.4 Å². The van der Waals surface area contributed by atoms with Gasteiger partial charge in [0, 0.05) is 17.9 Å². The van der Waals surface area contributed by atoms with Gasteiger partial charge in [-0.2, -0.15) is 0 Å². The lowest BCUT2D eigenvalue weighted by atomic mass is 10.1. The Kier molecular flexibility index (Phi) is 4.80. The van der Waals surface area contributed by atoms with Crippen LogP contribution in [0.25, 0.3) is 0 Å². The predicted molar refractivity (Wildman–Crippen MR) is 77.6 cm³/mol. The molecule has 0 atom stereocenters. The fourth-order valence-corrected chi connectivity index (χ4v) is 2.31. The highest BCUT2D eigenvalue weighted by molar-refractivity contribution is 9.10. The van der Waals surface area contributed by atoms with Crippen molar-refractivity contribution in [2.45, 2.75) is 19.4 Å². The van der Waals surface area contributed by atoms with Crippen LogP contribution >= 0.6 is 15.9 Å². The van der Waals surface area contributed by atoms with Gasteiger partial charge in [-0.15, -0.1) is 0 Å². The molecule has 0 saturated heterocycles. The number of hydrogen-bond acceptors (Lipinski definition) is 2. The molecule has 1 aromatic heterocycles. The van der Waals surface area contributed by atoms with Crippen LogP contribution < -0.4 is 0 Å². The van der Waals surface area contributed by atoms with E-state index in [-0.39, 0.29) is 5.91 Å². The number of carbonyl (C=O) groups excluding carboxylic acids is 1. The van der Waals surface area contributed by atoms with Crippen LogP contribution in [-0.2, 0) is 17.8 Å². The number of rotatable bonds is 5. The largest absolute Gasteiger partial charge is 0.467 e. The average molecular weight is 322 g/mol. The Morgan fingerprint density at radius 1 is 1.32 bits per heavy atom. The third-order valence-corrected chi connectivity index (χ3v) is 3.41. The van der Waals surface area contributed by atoms with E-state index in [0.717, 1.165) is 22.2 Å². The van der Waals surface area contributed by atoms with Crippen LogP contribution in [0.15, 0.2) is 51.6 Å². The molecule has 100 valence electrons. The summed E-state index contributed by atoms with van der Waals surface area (Å²) in [5.41, 5.74) is 1.16. The first-order valence-corrected chi connectivity index (χ1v) is 6.95. The van der Waals surface area contributed by atoms with Crippen LogP contribution in [0.2, 0.25) is 0 Å². The molecule has 0 saturated carbocycles. The molecule has 0 bridgehead atoms. The van der Waals surface area contributed by atoms with Gasteiger partial charge in [0.05, 0.1) is 12.8 Å². The summed E-state index contributed by atoms with van der Waals surface area (Å²) < 4.78 is 6.28. The topological polar surface area (TPSA) is 33.5 Å². The van der Waals surface area contributed by atoms with Crippen molar-refractivity contribution >= 4 is 21.8 Å².